The maximum atomic E-state index is 4.54. The minimum atomic E-state index is 0.165. The van der Waals surface area contributed by atoms with E-state index in [4.69, 9.17) is 0 Å². The maximum Gasteiger partial charge on any atom is 0.0901 e. The quantitative estimate of drug-likeness (QED) is 0.759. The lowest BCUT2D eigenvalue weighted by molar-refractivity contribution is 0.839. The minimum absolute atomic E-state index is 0.165. The molecule has 0 radical (unpaired) electrons. The molecular weight excluding hydrogens is 278 g/mol. The van der Waals surface area contributed by atoms with Crippen LogP contribution in [0.15, 0.2) is 54.0 Å². The van der Waals surface area contributed by atoms with Gasteiger partial charge in [0.15, 0.2) is 0 Å². The van der Waals surface area contributed by atoms with Crippen molar-refractivity contribution in [2.45, 2.75) is 19.9 Å². The number of hydrogen-bond acceptors (Lipinski definition) is 4. The van der Waals surface area contributed by atoms with Crippen LogP contribution < -0.4 is 5.32 Å². The molecule has 4 heteroatoms. The standard InChI is InChI=1S/C17H17N3S/c1-12(16-8-3-4-9-18-16)19-15-7-5-6-14(10-15)17-11-21-13(2)20-17/h3-12,19H,1-2H3. The second-order valence-electron chi connectivity index (χ2n) is 4.95. The van der Waals surface area contributed by atoms with Gasteiger partial charge < -0.3 is 5.32 Å². The number of pyridine rings is 1. The Morgan fingerprint density at radius 2 is 2.05 bits per heavy atom. The summed E-state index contributed by atoms with van der Waals surface area (Å²) in [4.78, 5) is 8.92. The van der Waals surface area contributed by atoms with E-state index in [1.165, 1.54) is 0 Å². The molecule has 3 rings (SSSR count). The molecule has 106 valence electrons. The molecule has 21 heavy (non-hydrogen) atoms. The SMILES string of the molecule is Cc1nc(-c2cccc(NC(C)c3ccccn3)c2)cs1. The Hall–Kier alpha value is -2.20. The molecule has 1 atom stereocenters. The third kappa shape index (κ3) is 3.28. The van der Waals surface area contributed by atoms with Crippen molar-refractivity contribution in [1.82, 2.24) is 9.97 Å². The Kier molecular flexibility index (Phi) is 3.97. The lowest BCUT2D eigenvalue weighted by Crippen LogP contribution is -2.08. The first-order chi connectivity index (χ1) is 10.2. The number of hydrogen-bond donors (Lipinski definition) is 1. The minimum Gasteiger partial charge on any atom is -0.377 e. The summed E-state index contributed by atoms with van der Waals surface area (Å²) in [6.07, 6.45) is 1.82. The molecule has 0 saturated carbocycles. The molecule has 0 bridgehead atoms. The van der Waals surface area contributed by atoms with Gasteiger partial charge in [-0.25, -0.2) is 4.98 Å². The average molecular weight is 295 g/mol. The Balaban J connectivity index is 1.80. The number of rotatable bonds is 4. The lowest BCUT2D eigenvalue weighted by atomic mass is 10.1. The molecule has 2 aromatic heterocycles. The highest BCUT2D eigenvalue weighted by molar-refractivity contribution is 7.09. The van der Waals surface area contributed by atoms with Gasteiger partial charge in [-0.05, 0) is 38.1 Å². The molecule has 0 spiro atoms. The van der Waals surface area contributed by atoms with Crippen molar-refractivity contribution < 1.29 is 0 Å². The Labute approximate surface area is 128 Å². The lowest BCUT2D eigenvalue weighted by Gasteiger charge is -2.15. The fourth-order valence-corrected chi connectivity index (χ4v) is 2.84. The molecule has 0 aliphatic rings. The Bertz CT molecular complexity index is 722. The zero-order chi connectivity index (χ0) is 14.7. The van der Waals surface area contributed by atoms with Crippen molar-refractivity contribution in [2.75, 3.05) is 5.32 Å². The number of anilines is 1. The third-order valence-electron chi connectivity index (χ3n) is 3.29. The van der Waals surface area contributed by atoms with E-state index >= 15 is 0 Å². The largest absolute Gasteiger partial charge is 0.377 e. The smallest absolute Gasteiger partial charge is 0.0901 e. The van der Waals surface area contributed by atoms with E-state index in [1.807, 2.05) is 31.3 Å². The highest BCUT2D eigenvalue weighted by atomic mass is 32.1. The second kappa shape index (κ2) is 6.06. The van der Waals surface area contributed by atoms with Crippen LogP contribution in [0.4, 0.5) is 5.69 Å². The van der Waals surface area contributed by atoms with Crippen molar-refractivity contribution in [3.63, 3.8) is 0 Å². The van der Waals surface area contributed by atoms with Gasteiger partial charge in [0.25, 0.3) is 0 Å². The molecule has 0 aliphatic carbocycles. The van der Waals surface area contributed by atoms with E-state index < -0.39 is 0 Å². The third-order valence-corrected chi connectivity index (χ3v) is 4.07. The van der Waals surface area contributed by atoms with Gasteiger partial charge in [-0.15, -0.1) is 11.3 Å². The van der Waals surface area contributed by atoms with Gasteiger partial charge in [0.1, 0.15) is 0 Å². The molecule has 3 aromatic rings. The summed E-state index contributed by atoms with van der Waals surface area (Å²) in [6, 6.07) is 14.5. The van der Waals surface area contributed by atoms with Gasteiger partial charge >= 0.3 is 0 Å². The fourth-order valence-electron chi connectivity index (χ4n) is 2.22. The zero-order valence-electron chi connectivity index (χ0n) is 12.1. The molecule has 0 saturated heterocycles. The molecule has 0 aliphatic heterocycles. The maximum absolute atomic E-state index is 4.54. The second-order valence-corrected chi connectivity index (χ2v) is 6.02. The summed E-state index contributed by atoms with van der Waals surface area (Å²) in [5, 5.41) is 6.67. The van der Waals surface area contributed by atoms with Crippen LogP contribution in [-0.2, 0) is 0 Å². The summed E-state index contributed by atoms with van der Waals surface area (Å²) in [6.45, 7) is 4.14. The summed E-state index contributed by atoms with van der Waals surface area (Å²) in [5.74, 6) is 0. The van der Waals surface area contributed by atoms with Crippen molar-refractivity contribution in [2.24, 2.45) is 0 Å². The molecular formula is C17H17N3S. The Morgan fingerprint density at radius 1 is 1.14 bits per heavy atom. The predicted molar refractivity (Wildman–Crippen MR) is 88.6 cm³/mol. The van der Waals surface area contributed by atoms with Crippen LogP contribution in [0, 0.1) is 6.92 Å². The normalized spacial score (nSPS) is 12.1. The predicted octanol–water partition coefficient (Wildman–Crippen LogP) is 4.69. The summed E-state index contributed by atoms with van der Waals surface area (Å²) >= 11 is 1.67. The highest BCUT2D eigenvalue weighted by Gasteiger charge is 2.07. The number of nitrogens with zero attached hydrogens (tertiary/aromatic N) is 2. The fraction of sp³-hybridized carbons (Fsp3) is 0.176. The molecule has 2 heterocycles. The van der Waals surface area contributed by atoms with Crippen molar-refractivity contribution in [1.29, 1.82) is 0 Å². The van der Waals surface area contributed by atoms with Crippen LogP contribution in [0.3, 0.4) is 0 Å². The molecule has 1 N–H and O–H groups in total. The first-order valence-corrected chi connectivity index (χ1v) is 7.80. The van der Waals surface area contributed by atoms with E-state index in [-0.39, 0.29) is 6.04 Å². The zero-order valence-corrected chi connectivity index (χ0v) is 12.9. The Morgan fingerprint density at radius 3 is 2.76 bits per heavy atom. The number of nitrogens with one attached hydrogen (secondary N) is 1. The van der Waals surface area contributed by atoms with Crippen LogP contribution in [0.25, 0.3) is 11.3 Å². The molecule has 1 aromatic carbocycles. The highest BCUT2D eigenvalue weighted by Crippen LogP contribution is 2.25. The monoisotopic (exact) mass is 295 g/mol. The van der Waals surface area contributed by atoms with E-state index in [0.717, 1.165) is 27.6 Å². The van der Waals surface area contributed by atoms with Crippen molar-refractivity contribution in [3.8, 4) is 11.3 Å². The van der Waals surface area contributed by atoms with E-state index in [1.54, 1.807) is 11.3 Å². The van der Waals surface area contributed by atoms with E-state index in [2.05, 4.69) is 51.9 Å². The number of benzene rings is 1. The van der Waals surface area contributed by atoms with Gasteiger partial charge in [0.2, 0.25) is 0 Å². The van der Waals surface area contributed by atoms with Crippen molar-refractivity contribution in [3.05, 3.63) is 64.7 Å². The summed E-state index contributed by atoms with van der Waals surface area (Å²) in [7, 11) is 0. The van der Waals surface area contributed by atoms with Gasteiger partial charge in [0.05, 0.1) is 22.4 Å². The van der Waals surface area contributed by atoms with E-state index in [9.17, 15) is 0 Å². The van der Waals surface area contributed by atoms with Crippen LogP contribution in [0.2, 0.25) is 0 Å². The first-order valence-electron chi connectivity index (χ1n) is 6.92. The first kappa shape index (κ1) is 13.8. The molecule has 3 nitrogen and oxygen atoms in total. The van der Waals surface area contributed by atoms with Gasteiger partial charge in [-0.1, -0.05) is 18.2 Å². The summed E-state index contributed by atoms with van der Waals surface area (Å²) in [5.41, 5.74) is 4.29. The topological polar surface area (TPSA) is 37.8 Å². The molecule has 1 unspecified atom stereocenters. The number of aromatic nitrogens is 2. The van der Waals surface area contributed by atoms with Crippen LogP contribution in [0.5, 0.6) is 0 Å². The molecule has 0 amide bonds. The van der Waals surface area contributed by atoms with Gasteiger partial charge in [0, 0.05) is 22.8 Å². The van der Waals surface area contributed by atoms with Crippen LogP contribution in [0.1, 0.15) is 23.7 Å². The number of thiazole rings is 1. The van der Waals surface area contributed by atoms with Gasteiger partial charge in [-0.2, -0.15) is 0 Å². The van der Waals surface area contributed by atoms with Crippen LogP contribution in [-0.4, -0.2) is 9.97 Å². The summed E-state index contributed by atoms with van der Waals surface area (Å²) < 4.78 is 0. The van der Waals surface area contributed by atoms with Crippen molar-refractivity contribution >= 4 is 17.0 Å². The number of aryl methyl sites for hydroxylation is 1. The van der Waals surface area contributed by atoms with Gasteiger partial charge in [-0.3, -0.25) is 4.98 Å². The van der Waals surface area contributed by atoms with E-state index in [0.29, 0.717) is 0 Å². The average Bonchev–Trinajstić information content (AvgIpc) is 2.95. The molecule has 0 fully saturated rings. The van der Waals surface area contributed by atoms with Crippen LogP contribution >= 0.6 is 11.3 Å².